The Kier molecular flexibility index (Phi) is 3.63. The minimum absolute atomic E-state index is 0.0122. The molecule has 0 atom stereocenters. The van der Waals surface area contributed by atoms with Gasteiger partial charge < -0.3 is 4.57 Å². The van der Waals surface area contributed by atoms with Crippen molar-refractivity contribution in [2.45, 2.75) is 13.5 Å². The highest BCUT2D eigenvalue weighted by Crippen LogP contribution is 2.13. The van der Waals surface area contributed by atoms with Crippen LogP contribution in [0.4, 0.5) is 0 Å². The van der Waals surface area contributed by atoms with E-state index in [1.807, 2.05) is 30.3 Å². The quantitative estimate of drug-likeness (QED) is 0.797. The maximum absolute atomic E-state index is 12.1. The Bertz CT molecular complexity index is 632. The summed E-state index contributed by atoms with van der Waals surface area (Å²) in [6, 6.07) is 11.2. The molecule has 0 unspecified atom stereocenters. The van der Waals surface area contributed by atoms with Crippen LogP contribution in [0.1, 0.15) is 21.6 Å². The molecule has 2 aromatic rings. The van der Waals surface area contributed by atoms with E-state index < -0.39 is 0 Å². The van der Waals surface area contributed by atoms with Crippen molar-refractivity contribution in [2.24, 2.45) is 0 Å². The minimum Gasteiger partial charge on any atom is -0.308 e. The number of carbonyl (C=O) groups excluding carboxylic acids is 1. The smallest absolute Gasteiger partial charge is 0.263 e. The molecule has 0 aliphatic rings. The molecule has 0 saturated heterocycles. The third-order valence-corrected chi connectivity index (χ3v) is 3.11. The number of hydrogen-bond donors (Lipinski definition) is 0. The van der Waals surface area contributed by atoms with E-state index >= 15 is 0 Å². The Labute approximate surface area is 110 Å². The van der Waals surface area contributed by atoms with Crippen LogP contribution in [-0.4, -0.2) is 10.9 Å². The molecular weight excluding hydrogens is 250 g/mol. The van der Waals surface area contributed by atoms with Crippen molar-refractivity contribution in [3.05, 3.63) is 68.6 Å². The molecule has 18 heavy (non-hydrogen) atoms. The molecule has 0 fully saturated rings. The van der Waals surface area contributed by atoms with Gasteiger partial charge in [-0.3, -0.25) is 9.59 Å². The molecule has 0 spiro atoms. The number of pyridine rings is 1. The second-order valence-electron chi connectivity index (χ2n) is 4.04. The van der Waals surface area contributed by atoms with Crippen LogP contribution in [0.5, 0.6) is 0 Å². The molecule has 0 N–H and O–H groups in total. The summed E-state index contributed by atoms with van der Waals surface area (Å²) in [6.45, 7) is 2.23. The molecule has 3 nitrogen and oxygen atoms in total. The molecule has 1 heterocycles. The van der Waals surface area contributed by atoms with Gasteiger partial charge in [-0.05, 0) is 18.6 Å². The number of halogens is 1. The van der Waals surface area contributed by atoms with Crippen molar-refractivity contribution in [3.63, 3.8) is 0 Å². The Morgan fingerprint density at radius 3 is 2.56 bits per heavy atom. The van der Waals surface area contributed by atoms with E-state index in [9.17, 15) is 9.59 Å². The molecule has 0 bridgehead atoms. The lowest BCUT2D eigenvalue weighted by molar-refractivity contribution is 0.112. The van der Waals surface area contributed by atoms with Crippen LogP contribution in [0.2, 0.25) is 5.02 Å². The van der Waals surface area contributed by atoms with Gasteiger partial charge >= 0.3 is 0 Å². The van der Waals surface area contributed by atoms with Crippen molar-refractivity contribution in [2.75, 3.05) is 0 Å². The van der Waals surface area contributed by atoms with Crippen molar-refractivity contribution < 1.29 is 4.79 Å². The van der Waals surface area contributed by atoms with Crippen LogP contribution >= 0.6 is 11.6 Å². The van der Waals surface area contributed by atoms with E-state index in [-0.39, 0.29) is 16.1 Å². The van der Waals surface area contributed by atoms with E-state index in [1.54, 1.807) is 17.6 Å². The third-order valence-electron chi connectivity index (χ3n) is 2.80. The van der Waals surface area contributed by atoms with Crippen LogP contribution < -0.4 is 5.56 Å². The highest BCUT2D eigenvalue weighted by molar-refractivity contribution is 6.32. The van der Waals surface area contributed by atoms with Gasteiger partial charge in [-0.25, -0.2) is 0 Å². The molecule has 92 valence electrons. The number of hydrogen-bond acceptors (Lipinski definition) is 2. The number of rotatable bonds is 3. The summed E-state index contributed by atoms with van der Waals surface area (Å²) in [5, 5.41) is 0.205. The molecule has 0 radical (unpaired) electrons. The maximum Gasteiger partial charge on any atom is 0.263 e. The third kappa shape index (κ3) is 2.36. The Morgan fingerprint density at radius 1 is 1.28 bits per heavy atom. The van der Waals surface area contributed by atoms with Crippen molar-refractivity contribution >= 4 is 17.9 Å². The fourth-order valence-corrected chi connectivity index (χ4v) is 2.10. The number of aromatic nitrogens is 1. The van der Waals surface area contributed by atoms with Gasteiger partial charge in [0.15, 0.2) is 6.29 Å². The van der Waals surface area contributed by atoms with E-state index in [0.29, 0.717) is 12.8 Å². The molecule has 2 rings (SSSR count). The molecule has 0 aliphatic carbocycles. The largest absolute Gasteiger partial charge is 0.308 e. The van der Waals surface area contributed by atoms with Crippen LogP contribution in [-0.2, 0) is 6.54 Å². The first-order chi connectivity index (χ1) is 8.63. The minimum atomic E-state index is -0.348. The predicted molar refractivity (Wildman–Crippen MR) is 71.4 cm³/mol. The van der Waals surface area contributed by atoms with Crippen LogP contribution in [0.3, 0.4) is 0 Å². The zero-order valence-corrected chi connectivity index (χ0v) is 10.6. The van der Waals surface area contributed by atoms with Crippen molar-refractivity contribution in [1.82, 2.24) is 4.57 Å². The van der Waals surface area contributed by atoms with E-state index in [4.69, 9.17) is 11.6 Å². The predicted octanol–water partition coefficient (Wildman–Crippen LogP) is 2.67. The van der Waals surface area contributed by atoms with Gasteiger partial charge in [-0.2, -0.15) is 0 Å². The first-order valence-corrected chi connectivity index (χ1v) is 5.90. The summed E-state index contributed by atoms with van der Waals surface area (Å²) in [5.74, 6) is 0. The van der Waals surface area contributed by atoms with Gasteiger partial charge in [0, 0.05) is 5.69 Å². The van der Waals surface area contributed by atoms with E-state index in [2.05, 4.69) is 0 Å². The zero-order valence-electron chi connectivity index (χ0n) is 9.89. The number of nitrogens with zero attached hydrogens (tertiary/aromatic N) is 1. The van der Waals surface area contributed by atoms with Crippen LogP contribution in [0.25, 0.3) is 0 Å². The molecule has 1 aromatic carbocycles. The Morgan fingerprint density at radius 2 is 1.94 bits per heavy atom. The average Bonchev–Trinajstić information content (AvgIpc) is 2.36. The first-order valence-electron chi connectivity index (χ1n) is 5.52. The number of benzene rings is 1. The van der Waals surface area contributed by atoms with Crippen LogP contribution in [0, 0.1) is 6.92 Å². The van der Waals surface area contributed by atoms with Gasteiger partial charge in [0.2, 0.25) is 0 Å². The maximum atomic E-state index is 12.1. The molecule has 0 saturated carbocycles. The zero-order chi connectivity index (χ0) is 13.1. The monoisotopic (exact) mass is 261 g/mol. The Hall–Kier alpha value is -1.87. The molecular formula is C14H12ClNO2. The van der Waals surface area contributed by atoms with Gasteiger partial charge in [-0.15, -0.1) is 0 Å². The molecule has 0 amide bonds. The normalized spacial score (nSPS) is 10.3. The van der Waals surface area contributed by atoms with Gasteiger partial charge in [0.25, 0.3) is 5.56 Å². The first kappa shape index (κ1) is 12.6. The summed E-state index contributed by atoms with van der Waals surface area (Å²) in [7, 11) is 0. The fraction of sp³-hybridized carbons (Fsp3) is 0.143. The lowest BCUT2D eigenvalue weighted by Gasteiger charge is -2.11. The van der Waals surface area contributed by atoms with E-state index in [0.717, 1.165) is 11.3 Å². The lowest BCUT2D eigenvalue weighted by atomic mass is 10.2. The summed E-state index contributed by atoms with van der Waals surface area (Å²) in [5.41, 5.74) is 1.40. The van der Waals surface area contributed by atoms with E-state index in [1.165, 1.54) is 0 Å². The number of carbonyl (C=O) groups is 1. The lowest BCUT2D eigenvalue weighted by Crippen LogP contribution is -2.26. The standard InChI is InChI=1S/C14H12ClNO2/c1-10-7-13(15)12(9-17)14(18)16(10)8-11-5-3-2-4-6-11/h2-7,9H,8H2,1H3. The van der Waals surface area contributed by atoms with Gasteiger partial charge in [0.1, 0.15) is 0 Å². The number of aldehydes is 1. The van der Waals surface area contributed by atoms with Gasteiger partial charge in [0.05, 0.1) is 17.1 Å². The number of aryl methyl sites for hydroxylation is 1. The average molecular weight is 262 g/mol. The van der Waals surface area contributed by atoms with Gasteiger partial charge in [-0.1, -0.05) is 41.9 Å². The summed E-state index contributed by atoms with van der Waals surface area (Å²) in [4.78, 5) is 23.0. The SMILES string of the molecule is Cc1cc(Cl)c(C=O)c(=O)n1Cc1ccccc1. The summed E-state index contributed by atoms with van der Waals surface area (Å²) in [6.07, 6.45) is 0.506. The molecule has 0 aliphatic heterocycles. The fourth-order valence-electron chi connectivity index (χ4n) is 1.82. The van der Waals surface area contributed by atoms with Crippen molar-refractivity contribution in [3.8, 4) is 0 Å². The topological polar surface area (TPSA) is 39.1 Å². The highest BCUT2D eigenvalue weighted by atomic mass is 35.5. The van der Waals surface area contributed by atoms with Crippen LogP contribution in [0.15, 0.2) is 41.2 Å². The van der Waals surface area contributed by atoms with Crippen molar-refractivity contribution in [1.29, 1.82) is 0 Å². The molecule has 1 aromatic heterocycles. The second kappa shape index (κ2) is 5.19. The second-order valence-corrected chi connectivity index (χ2v) is 4.45. The molecule has 4 heteroatoms. The summed E-state index contributed by atoms with van der Waals surface area (Å²) >= 11 is 5.87. The summed E-state index contributed by atoms with van der Waals surface area (Å²) < 4.78 is 1.55. The highest BCUT2D eigenvalue weighted by Gasteiger charge is 2.11. The Balaban J connectivity index is 2.52.